The van der Waals surface area contributed by atoms with E-state index in [9.17, 15) is 18.0 Å². The maximum Gasteiger partial charge on any atom is 0.411 e. The number of amides is 1. The molecule has 1 aromatic heterocycles. The zero-order chi connectivity index (χ0) is 15.7. The predicted molar refractivity (Wildman–Crippen MR) is 70.8 cm³/mol. The summed E-state index contributed by atoms with van der Waals surface area (Å²) in [5, 5.41) is 11.3. The number of anilines is 1. The quantitative estimate of drug-likeness (QED) is 0.619. The number of aromatic nitrogens is 1. The molecule has 21 heavy (non-hydrogen) atoms. The van der Waals surface area contributed by atoms with Crippen LogP contribution in [-0.4, -0.2) is 42.0 Å². The van der Waals surface area contributed by atoms with Crippen LogP contribution in [0.15, 0.2) is 6.20 Å². The normalized spacial score (nSPS) is 10.9. The molecule has 0 aliphatic rings. The Bertz CT molecular complexity index is 520. The van der Waals surface area contributed by atoms with Crippen LogP contribution in [-0.2, 0) is 9.53 Å². The van der Waals surface area contributed by atoms with Crippen molar-refractivity contribution >= 4 is 22.4 Å². The number of hydrogen-bond donors (Lipinski definition) is 2. The van der Waals surface area contributed by atoms with E-state index >= 15 is 0 Å². The van der Waals surface area contributed by atoms with Crippen molar-refractivity contribution in [2.75, 3.05) is 25.1 Å². The molecule has 0 radical (unpaired) electrons. The Morgan fingerprint density at radius 1 is 1.52 bits per heavy atom. The van der Waals surface area contributed by atoms with Crippen molar-refractivity contribution in [2.24, 2.45) is 0 Å². The monoisotopic (exact) mass is 322 g/mol. The van der Waals surface area contributed by atoms with E-state index < -0.39 is 18.7 Å². The van der Waals surface area contributed by atoms with Gasteiger partial charge >= 0.3 is 6.18 Å². The highest BCUT2D eigenvalue weighted by atomic mass is 32.1. The first-order valence-corrected chi connectivity index (χ1v) is 6.72. The Kier molecular flexibility index (Phi) is 7.14. The van der Waals surface area contributed by atoms with Gasteiger partial charge in [-0.2, -0.15) is 13.2 Å². The summed E-state index contributed by atoms with van der Waals surface area (Å²) in [4.78, 5) is 16.0. The molecular weight excluding hydrogens is 309 g/mol. The van der Waals surface area contributed by atoms with Crippen LogP contribution in [0.1, 0.15) is 17.7 Å². The molecule has 1 amide bonds. The number of halogens is 3. The Morgan fingerprint density at radius 3 is 2.95 bits per heavy atom. The standard InChI is InChI=1S/C12H13F3N2O3S/c13-12(14,15)8-20-6-4-10(19)17-11-16-7-9(21-11)3-1-2-5-18/h7,18H,2,4-6,8H2,(H,16,17,19). The number of ether oxygens (including phenoxy) is 1. The number of thiazole rings is 1. The van der Waals surface area contributed by atoms with Crippen LogP contribution >= 0.6 is 11.3 Å². The van der Waals surface area contributed by atoms with Gasteiger partial charge in [-0.1, -0.05) is 23.2 Å². The molecule has 116 valence electrons. The fourth-order valence-electron chi connectivity index (χ4n) is 1.13. The molecule has 0 aliphatic heterocycles. The van der Waals surface area contributed by atoms with E-state index in [2.05, 4.69) is 26.9 Å². The maximum absolute atomic E-state index is 11.8. The van der Waals surface area contributed by atoms with Crippen molar-refractivity contribution in [2.45, 2.75) is 19.0 Å². The zero-order valence-electron chi connectivity index (χ0n) is 10.9. The Morgan fingerprint density at radius 2 is 2.29 bits per heavy atom. The van der Waals surface area contributed by atoms with Crippen molar-refractivity contribution in [3.05, 3.63) is 11.1 Å². The van der Waals surface area contributed by atoms with Crippen LogP contribution in [0.3, 0.4) is 0 Å². The number of aliphatic hydroxyl groups is 1. The van der Waals surface area contributed by atoms with E-state index in [0.717, 1.165) is 11.3 Å². The number of hydrogen-bond acceptors (Lipinski definition) is 5. The predicted octanol–water partition coefficient (Wildman–Crippen LogP) is 1.78. The number of carbonyl (C=O) groups is 1. The average Bonchev–Trinajstić information content (AvgIpc) is 2.81. The summed E-state index contributed by atoms with van der Waals surface area (Å²) in [6.45, 7) is -1.73. The fourth-order valence-corrected chi connectivity index (χ4v) is 1.84. The van der Waals surface area contributed by atoms with Gasteiger partial charge in [0.25, 0.3) is 0 Å². The van der Waals surface area contributed by atoms with Gasteiger partial charge in [-0.05, 0) is 0 Å². The molecule has 0 spiro atoms. The summed E-state index contributed by atoms with van der Waals surface area (Å²) in [5.74, 6) is 4.97. The molecule has 0 saturated heterocycles. The lowest BCUT2D eigenvalue weighted by Gasteiger charge is -2.06. The molecule has 1 heterocycles. The minimum Gasteiger partial charge on any atom is -0.395 e. The van der Waals surface area contributed by atoms with Gasteiger partial charge < -0.3 is 15.2 Å². The molecule has 5 nitrogen and oxygen atoms in total. The van der Waals surface area contributed by atoms with E-state index in [0.29, 0.717) is 16.4 Å². The first-order chi connectivity index (χ1) is 9.90. The minimum absolute atomic E-state index is 0.0344. The van der Waals surface area contributed by atoms with E-state index in [1.807, 2.05) is 0 Å². The first kappa shape index (κ1) is 17.4. The zero-order valence-corrected chi connectivity index (χ0v) is 11.7. The Hall–Kier alpha value is -1.63. The fraction of sp³-hybridized carbons (Fsp3) is 0.500. The lowest BCUT2D eigenvalue weighted by molar-refractivity contribution is -0.174. The van der Waals surface area contributed by atoms with Gasteiger partial charge in [0, 0.05) is 6.42 Å². The van der Waals surface area contributed by atoms with Crippen LogP contribution in [0.2, 0.25) is 0 Å². The highest BCUT2D eigenvalue weighted by Crippen LogP contribution is 2.17. The number of nitrogens with one attached hydrogen (secondary N) is 1. The van der Waals surface area contributed by atoms with E-state index in [-0.39, 0.29) is 19.6 Å². The summed E-state index contributed by atoms with van der Waals surface area (Å²) >= 11 is 1.14. The molecule has 0 fully saturated rings. The molecule has 1 aromatic rings. The van der Waals surface area contributed by atoms with E-state index in [1.165, 1.54) is 6.20 Å². The second-order valence-electron chi connectivity index (χ2n) is 3.77. The summed E-state index contributed by atoms with van der Waals surface area (Å²) in [6, 6.07) is 0. The van der Waals surface area contributed by atoms with Crippen LogP contribution < -0.4 is 5.32 Å². The highest BCUT2D eigenvalue weighted by molar-refractivity contribution is 7.16. The summed E-state index contributed by atoms with van der Waals surface area (Å²) in [7, 11) is 0. The van der Waals surface area contributed by atoms with E-state index in [4.69, 9.17) is 5.11 Å². The van der Waals surface area contributed by atoms with Crippen LogP contribution in [0.25, 0.3) is 0 Å². The molecule has 0 aromatic carbocycles. The summed E-state index contributed by atoms with van der Waals surface area (Å²) < 4.78 is 39.7. The molecular formula is C12H13F3N2O3S. The van der Waals surface area contributed by atoms with E-state index in [1.54, 1.807) is 0 Å². The van der Waals surface area contributed by atoms with Crippen LogP contribution in [0.5, 0.6) is 0 Å². The number of aliphatic hydroxyl groups excluding tert-OH is 1. The first-order valence-electron chi connectivity index (χ1n) is 5.90. The van der Waals surface area contributed by atoms with Gasteiger partial charge in [0.15, 0.2) is 5.13 Å². The van der Waals surface area contributed by atoms with Crippen molar-refractivity contribution in [1.29, 1.82) is 0 Å². The Balaban J connectivity index is 2.30. The average molecular weight is 322 g/mol. The van der Waals surface area contributed by atoms with Crippen molar-refractivity contribution in [3.8, 4) is 11.8 Å². The molecule has 2 N–H and O–H groups in total. The van der Waals surface area contributed by atoms with Gasteiger partial charge in [0.1, 0.15) is 6.61 Å². The molecule has 0 unspecified atom stereocenters. The van der Waals surface area contributed by atoms with Gasteiger partial charge in [-0.25, -0.2) is 4.98 Å². The van der Waals surface area contributed by atoms with Gasteiger partial charge in [-0.3, -0.25) is 4.79 Å². The topological polar surface area (TPSA) is 71.5 Å². The maximum atomic E-state index is 11.8. The minimum atomic E-state index is -4.39. The summed E-state index contributed by atoms with van der Waals surface area (Å²) in [5.41, 5.74) is 0. The number of carbonyl (C=O) groups excluding carboxylic acids is 1. The van der Waals surface area contributed by atoms with Crippen molar-refractivity contribution in [1.82, 2.24) is 4.98 Å². The van der Waals surface area contributed by atoms with Crippen LogP contribution in [0, 0.1) is 11.8 Å². The van der Waals surface area contributed by atoms with Crippen LogP contribution in [0.4, 0.5) is 18.3 Å². The third-order valence-electron chi connectivity index (χ3n) is 1.94. The molecule has 9 heteroatoms. The molecule has 0 saturated carbocycles. The number of nitrogens with zero attached hydrogens (tertiary/aromatic N) is 1. The van der Waals surface area contributed by atoms with Crippen molar-refractivity contribution in [3.63, 3.8) is 0 Å². The largest absolute Gasteiger partial charge is 0.411 e. The highest BCUT2D eigenvalue weighted by Gasteiger charge is 2.27. The smallest absolute Gasteiger partial charge is 0.395 e. The molecule has 0 atom stereocenters. The SMILES string of the molecule is O=C(CCOCC(F)(F)F)Nc1ncc(C#CCCO)s1. The lowest BCUT2D eigenvalue weighted by Crippen LogP contribution is -2.20. The molecule has 0 aliphatic carbocycles. The van der Waals surface area contributed by atoms with Gasteiger partial charge in [-0.15, -0.1) is 0 Å². The Labute approximate surface area is 123 Å². The third-order valence-corrected chi connectivity index (χ3v) is 2.77. The molecule has 0 bridgehead atoms. The second-order valence-corrected chi connectivity index (χ2v) is 4.80. The van der Waals surface area contributed by atoms with Crippen molar-refractivity contribution < 1.29 is 27.8 Å². The second kappa shape index (κ2) is 8.61. The number of alkyl halides is 3. The molecule has 1 rings (SSSR count). The lowest BCUT2D eigenvalue weighted by atomic mass is 10.4. The number of rotatable bonds is 6. The summed E-state index contributed by atoms with van der Waals surface area (Å²) in [6.07, 6.45) is -2.78. The van der Waals surface area contributed by atoms with Gasteiger partial charge in [0.2, 0.25) is 5.91 Å². The third kappa shape index (κ3) is 8.29. The van der Waals surface area contributed by atoms with Gasteiger partial charge in [0.05, 0.1) is 30.7 Å².